The van der Waals surface area contributed by atoms with Gasteiger partial charge in [-0.3, -0.25) is 0 Å². The Hall–Kier alpha value is -1.31. The quantitative estimate of drug-likeness (QED) is 0.717. The molecule has 2 rings (SSSR count). The molecule has 1 aromatic heterocycles. The molecule has 0 atom stereocenters. The van der Waals surface area contributed by atoms with Gasteiger partial charge in [-0.15, -0.1) is 0 Å². The van der Waals surface area contributed by atoms with Crippen LogP contribution in [0.2, 0.25) is 0 Å². The molecule has 1 aromatic carbocycles. The lowest BCUT2D eigenvalue weighted by atomic mass is 9.95. The van der Waals surface area contributed by atoms with E-state index in [4.69, 9.17) is 4.98 Å². The SMILES string of the molecule is Cc1ccc2nc(C(C)(C)C)n(C(C)C)c2c1. The van der Waals surface area contributed by atoms with Gasteiger partial charge >= 0.3 is 0 Å². The van der Waals surface area contributed by atoms with Gasteiger partial charge in [0.25, 0.3) is 0 Å². The lowest BCUT2D eigenvalue weighted by Crippen LogP contribution is -2.20. The van der Waals surface area contributed by atoms with Gasteiger partial charge in [0, 0.05) is 11.5 Å². The van der Waals surface area contributed by atoms with Crippen molar-refractivity contribution in [2.24, 2.45) is 0 Å². The maximum Gasteiger partial charge on any atom is 0.115 e. The van der Waals surface area contributed by atoms with Gasteiger partial charge in [0.2, 0.25) is 0 Å². The molecule has 92 valence electrons. The molecule has 0 spiro atoms. The zero-order valence-corrected chi connectivity index (χ0v) is 11.7. The van der Waals surface area contributed by atoms with Gasteiger partial charge in [0.1, 0.15) is 5.82 Å². The predicted molar refractivity (Wildman–Crippen MR) is 73.6 cm³/mol. The molecule has 0 radical (unpaired) electrons. The Bertz CT molecular complexity index is 542. The van der Waals surface area contributed by atoms with Crippen molar-refractivity contribution in [1.82, 2.24) is 9.55 Å². The van der Waals surface area contributed by atoms with Crippen LogP contribution in [0.3, 0.4) is 0 Å². The minimum absolute atomic E-state index is 0.0806. The van der Waals surface area contributed by atoms with Crippen molar-refractivity contribution in [3.05, 3.63) is 29.6 Å². The van der Waals surface area contributed by atoms with E-state index < -0.39 is 0 Å². The average Bonchev–Trinajstić information content (AvgIpc) is 2.55. The third-order valence-electron chi connectivity index (χ3n) is 3.03. The van der Waals surface area contributed by atoms with Crippen molar-refractivity contribution < 1.29 is 0 Å². The molecule has 0 aliphatic heterocycles. The molecule has 2 nitrogen and oxygen atoms in total. The molecule has 0 N–H and O–H groups in total. The number of hydrogen-bond donors (Lipinski definition) is 0. The predicted octanol–water partition coefficient (Wildman–Crippen LogP) is 4.22. The highest BCUT2D eigenvalue weighted by Crippen LogP contribution is 2.29. The normalized spacial score (nSPS) is 12.6. The molecule has 0 saturated carbocycles. The Labute approximate surface area is 104 Å². The molecule has 0 fully saturated rings. The van der Waals surface area contributed by atoms with E-state index in [1.807, 2.05) is 0 Å². The zero-order chi connectivity index (χ0) is 12.8. The van der Waals surface area contributed by atoms with E-state index >= 15 is 0 Å². The number of hydrogen-bond acceptors (Lipinski definition) is 1. The minimum atomic E-state index is 0.0806. The van der Waals surface area contributed by atoms with E-state index in [2.05, 4.69) is 64.3 Å². The highest BCUT2D eigenvalue weighted by molar-refractivity contribution is 5.77. The third-order valence-corrected chi connectivity index (χ3v) is 3.03. The number of nitrogens with zero attached hydrogens (tertiary/aromatic N) is 2. The van der Waals surface area contributed by atoms with E-state index in [0.717, 1.165) is 5.52 Å². The standard InChI is InChI=1S/C15H22N2/c1-10(2)17-13-9-11(3)7-8-12(13)16-14(17)15(4,5)6/h7-10H,1-6H3. The number of aromatic nitrogens is 2. The van der Waals surface area contributed by atoms with Crippen LogP contribution in [0.4, 0.5) is 0 Å². The Morgan fingerprint density at radius 1 is 1.18 bits per heavy atom. The second-order valence-corrected chi connectivity index (χ2v) is 6.14. The molecule has 0 bridgehead atoms. The van der Waals surface area contributed by atoms with Crippen LogP contribution in [0.1, 0.15) is 52.0 Å². The summed E-state index contributed by atoms with van der Waals surface area (Å²) < 4.78 is 2.36. The molecular weight excluding hydrogens is 208 g/mol. The van der Waals surface area contributed by atoms with E-state index in [1.54, 1.807) is 0 Å². The summed E-state index contributed by atoms with van der Waals surface area (Å²) in [5, 5.41) is 0. The minimum Gasteiger partial charge on any atom is -0.325 e. The lowest BCUT2D eigenvalue weighted by Gasteiger charge is -2.22. The van der Waals surface area contributed by atoms with Crippen molar-refractivity contribution in [3.8, 4) is 0 Å². The summed E-state index contributed by atoms with van der Waals surface area (Å²) in [6, 6.07) is 6.93. The molecule has 17 heavy (non-hydrogen) atoms. The van der Waals surface area contributed by atoms with Crippen LogP contribution in [0.15, 0.2) is 18.2 Å². The fourth-order valence-corrected chi connectivity index (χ4v) is 2.25. The maximum atomic E-state index is 4.81. The molecule has 1 heterocycles. The number of aryl methyl sites for hydroxylation is 1. The van der Waals surface area contributed by atoms with Crippen LogP contribution < -0.4 is 0 Å². The summed E-state index contributed by atoms with van der Waals surface area (Å²) in [6.07, 6.45) is 0. The van der Waals surface area contributed by atoms with E-state index in [0.29, 0.717) is 6.04 Å². The summed E-state index contributed by atoms with van der Waals surface area (Å²) in [4.78, 5) is 4.81. The second kappa shape index (κ2) is 3.86. The first-order chi connectivity index (χ1) is 7.80. The van der Waals surface area contributed by atoms with Crippen molar-refractivity contribution >= 4 is 11.0 Å². The highest BCUT2D eigenvalue weighted by atomic mass is 15.1. The first kappa shape index (κ1) is 12.2. The summed E-state index contributed by atoms with van der Waals surface area (Å²) in [5.74, 6) is 1.17. The molecular formula is C15H22N2. The zero-order valence-electron chi connectivity index (χ0n) is 11.7. The average molecular weight is 230 g/mol. The van der Waals surface area contributed by atoms with Crippen LogP contribution in [0.25, 0.3) is 11.0 Å². The van der Waals surface area contributed by atoms with Gasteiger partial charge in [-0.05, 0) is 38.5 Å². The Balaban J connectivity index is 2.81. The van der Waals surface area contributed by atoms with Gasteiger partial charge in [0.05, 0.1) is 11.0 Å². The van der Waals surface area contributed by atoms with Crippen LogP contribution in [0, 0.1) is 6.92 Å². The molecule has 0 aliphatic carbocycles. The first-order valence-electron chi connectivity index (χ1n) is 6.30. The van der Waals surface area contributed by atoms with Gasteiger partial charge in [-0.1, -0.05) is 26.8 Å². The van der Waals surface area contributed by atoms with Crippen LogP contribution >= 0.6 is 0 Å². The van der Waals surface area contributed by atoms with E-state index in [1.165, 1.54) is 16.9 Å². The van der Waals surface area contributed by atoms with Gasteiger partial charge in [-0.25, -0.2) is 4.98 Å². The van der Waals surface area contributed by atoms with E-state index in [-0.39, 0.29) is 5.41 Å². The summed E-state index contributed by atoms with van der Waals surface area (Å²) in [6.45, 7) is 13.2. The smallest absolute Gasteiger partial charge is 0.115 e. The monoisotopic (exact) mass is 230 g/mol. The highest BCUT2D eigenvalue weighted by Gasteiger charge is 2.23. The fourth-order valence-electron chi connectivity index (χ4n) is 2.25. The number of rotatable bonds is 1. The largest absolute Gasteiger partial charge is 0.325 e. The Kier molecular flexibility index (Phi) is 2.76. The van der Waals surface area contributed by atoms with Gasteiger partial charge in [-0.2, -0.15) is 0 Å². The molecule has 0 saturated heterocycles. The molecule has 2 heteroatoms. The van der Waals surface area contributed by atoms with Crippen LogP contribution in [-0.2, 0) is 5.41 Å². The van der Waals surface area contributed by atoms with Crippen molar-refractivity contribution in [2.75, 3.05) is 0 Å². The second-order valence-electron chi connectivity index (χ2n) is 6.14. The van der Waals surface area contributed by atoms with Crippen molar-refractivity contribution in [3.63, 3.8) is 0 Å². The lowest BCUT2D eigenvalue weighted by molar-refractivity contribution is 0.477. The van der Waals surface area contributed by atoms with Crippen LogP contribution in [-0.4, -0.2) is 9.55 Å². The Morgan fingerprint density at radius 2 is 1.82 bits per heavy atom. The summed E-state index contributed by atoms with van der Waals surface area (Å²) in [5.41, 5.74) is 3.73. The third kappa shape index (κ3) is 2.08. The van der Waals surface area contributed by atoms with Gasteiger partial charge < -0.3 is 4.57 Å². The molecule has 2 aromatic rings. The summed E-state index contributed by atoms with van der Waals surface area (Å²) in [7, 11) is 0. The molecule has 0 aliphatic rings. The fraction of sp³-hybridized carbons (Fsp3) is 0.533. The Morgan fingerprint density at radius 3 is 2.35 bits per heavy atom. The number of benzene rings is 1. The number of imidazole rings is 1. The maximum absolute atomic E-state index is 4.81. The van der Waals surface area contributed by atoms with Gasteiger partial charge in [0.15, 0.2) is 0 Å². The van der Waals surface area contributed by atoms with Crippen molar-refractivity contribution in [1.29, 1.82) is 0 Å². The van der Waals surface area contributed by atoms with Crippen LogP contribution in [0.5, 0.6) is 0 Å². The molecule has 0 unspecified atom stereocenters. The number of fused-ring (bicyclic) bond motifs is 1. The topological polar surface area (TPSA) is 17.8 Å². The molecule has 0 amide bonds. The van der Waals surface area contributed by atoms with E-state index in [9.17, 15) is 0 Å². The summed E-state index contributed by atoms with van der Waals surface area (Å²) >= 11 is 0. The van der Waals surface area contributed by atoms with Crippen molar-refractivity contribution in [2.45, 2.75) is 53.0 Å². The first-order valence-corrected chi connectivity index (χ1v) is 6.30.